The van der Waals surface area contributed by atoms with Gasteiger partial charge in [0.05, 0.1) is 5.41 Å². The summed E-state index contributed by atoms with van der Waals surface area (Å²) in [6.07, 6.45) is 8.66. The highest BCUT2D eigenvalue weighted by Crippen LogP contribution is 2.44. The van der Waals surface area contributed by atoms with Crippen LogP contribution >= 0.6 is 0 Å². The quantitative estimate of drug-likeness (QED) is 0.681. The van der Waals surface area contributed by atoms with Gasteiger partial charge < -0.3 is 16.8 Å². The Bertz CT molecular complexity index is 882. The van der Waals surface area contributed by atoms with Gasteiger partial charge in [-0.3, -0.25) is 4.79 Å². The highest BCUT2D eigenvalue weighted by molar-refractivity contribution is 6.10. The zero-order valence-electron chi connectivity index (χ0n) is 14.9. The van der Waals surface area contributed by atoms with Crippen LogP contribution in [0.15, 0.2) is 66.4 Å². The molecule has 0 radical (unpaired) electrons. The standard InChI is InChI=1S/C20H22N6O/c1-14(22)24-12-16(11-21)15-3-5-17(6-4-15)20(8-2-9-20)19(27)26-18-7-10-23-13-25-18/h3-7,10-13H,1-2,8-9,21-22H2,(H,23,25,26,27)/b16-11+,24-12-. The molecule has 1 saturated carbocycles. The predicted octanol–water partition coefficient (Wildman–Crippen LogP) is 2.34. The zero-order chi connectivity index (χ0) is 19.3. The molecule has 5 N–H and O–H groups in total. The van der Waals surface area contributed by atoms with Crippen molar-refractivity contribution in [2.45, 2.75) is 24.7 Å². The molecule has 7 heteroatoms. The summed E-state index contributed by atoms with van der Waals surface area (Å²) in [5.41, 5.74) is 13.2. The maximum atomic E-state index is 12.9. The predicted molar refractivity (Wildman–Crippen MR) is 107 cm³/mol. The fraction of sp³-hybridized carbons (Fsp3) is 0.200. The minimum atomic E-state index is -0.532. The Morgan fingerprint density at radius 1 is 1.26 bits per heavy atom. The summed E-state index contributed by atoms with van der Waals surface area (Å²) in [6, 6.07) is 9.45. The van der Waals surface area contributed by atoms with E-state index in [1.165, 1.54) is 12.5 Å². The van der Waals surface area contributed by atoms with E-state index in [0.29, 0.717) is 5.82 Å². The van der Waals surface area contributed by atoms with Crippen LogP contribution < -0.4 is 16.8 Å². The number of amides is 1. The summed E-state index contributed by atoms with van der Waals surface area (Å²) in [7, 11) is 0. The van der Waals surface area contributed by atoms with Gasteiger partial charge in [-0.25, -0.2) is 15.0 Å². The van der Waals surface area contributed by atoms with E-state index in [1.807, 2.05) is 24.3 Å². The van der Waals surface area contributed by atoms with Crippen LogP contribution in [-0.4, -0.2) is 22.1 Å². The van der Waals surface area contributed by atoms with Crippen molar-refractivity contribution in [2.75, 3.05) is 5.32 Å². The fourth-order valence-electron chi connectivity index (χ4n) is 3.13. The van der Waals surface area contributed by atoms with Crippen molar-refractivity contribution in [3.05, 3.63) is 72.6 Å². The Labute approximate surface area is 157 Å². The summed E-state index contributed by atoms with van der Waals surface area (Å²) in [4.78, 5) is 24.8. The first-order chi connectivity index (χ1) is 13.0. The van der Waals surface area contributed by atoms with E-state index in [1.54, 1.807) is 18.5 Å². The van der Waals surface area contributed by atoms with Gasteiger partial charge in [-0.2, -0.15) is 0 Å². The number of carbonyl (C=O) groups is 1. The number of hydrogen-bond acceptors (Lipinski definition) is 6. The number of benzene rings is 1. The van der Waals surface area contributed by atoms with E-state index in [4.69, 9.17) is 11.5 Å². The summed E-state index contributed by atoms with van der Waals surface area (Å²) in [6.45, 7) is 3.53. The maximum absolute atomic E-state index is 12.9. The molecular formula is C20H22N6O. The number of aromatic nitrogens is 2. The third-order valence-corrected chi connectivity index (χ3v) is 4.79. The molecule has 3 rings (SSSR count). The summed E-state index contributed by atoms with van der Waals surface area (Å²) in [5.74, 6) is 0.668. The van der Waals surface area contributed by atoms with Crippen LogP contribution in [0.25, 0.3) is 5.57 Å². The van der Waals surface area contributed by atoms with E-state index < -0.39 is 5.41 Å². The molecule has 1 amide bonds. The Balaban J connectivity index is 1.82. The summed E-state index contributed by atoms with van der Waals surface area (Å²) >= 11 is 0. The van der Waals surface area contributed by atoms with Gasteiger partial charge in [0.2, 0.25) is 5.91 Å². The second-order valence-electron chi connectivity index (χ2n) is 6.43. The molecule has 138 valence electrons. The molecule has 7 nitrogen and oxygen atoms in total. The van der Waals surface area contributed by atoms with Gasteiger partial charge in [0, 0.05) is 24.2 Å². The first kappa shape index (κ1) is 18.3. The molecule has 1 fully saturated rings. The van der Waals surface area contributed by atoms with Crippen molar-refractivity contribution in [1.82, 2.24) is 9.97 Å². The largest absolute Gasteiger partial charge is 0.404 e. The van der Waals surface area contributed by atoms with Crippen LogP contribution in [-0.2, 0) is 10.2 Å². The van der Waals surface area contributed by atoms with Gasteiger partial charge in [0.15, 0.2) is 0 Å². The summed E-state index contributed by atoms with van der Waals surface area (Å²) < 4.78 is 0. The normalized spacial score (nSPS) is 15.9. The number of nitrogens with zero attached hydrogens (tertiary/aromatic N) is 3. The Kier molecular flexibility index (Phi) is 5.30. The van der Waals surface area contributed by atoms with E-state index in [0.717, 1.165) is 36.0 Å². The highest BCUT2D eigenvalue weighted by atomic mass is 16.2. The number of rotatable bonds is 6. The number of anilines is 1. The second kappa shape index (κ2) is 7.82. The Hall–Kier alpha value is -3.48. The Morgan fingerprint density at radius 3 is 2.52 bits per heavy atom. The van der Waals surface area contributed by atoms with Gasteiger partial charge in [0.1, 0.15) is 18.0 Å². The highest BCUT2D eigenvalue weighted by Gasteiger charge is 2.45. The molecule has 1 aliphatic carbocycles. The fourth-order valence-corrected chi connectivity index (χ4v) is 3.13. The molecule has 1 aromatic heterocycles. The number of hydrogen-bond donors (Lipinski definition) is 3. The monoisotopic (exact) mass is 362 g/mol. The van der Waals surface area contributed by atoms with Crippen molar-refractivity contribution in [2.24, 2.45) is 16.5 Å². The lowest BCUT2D eigenvalue weighted by Crippen LogP contribution is -2.46. The van der Waals surface area contributed by atoms with Crippen LogP contribution in [0.4, 0.5) is 5.82 Å². The third kappa shape index (κ3) is 3.87. The summed E-state index contributed by atoms with van der Waals surface area (Å²) in [5, 5.41) is 2.90. The smallest absolute Gasteiger partial charge is 0.236 e. The number of carbonyl (C=O) groups excluding carboxylic acids is 1. The minimum absolute atomic E-state index is 0.0456. The van der Waals surface area contributed by atoms with Crippen molar-refractivity contribution in [1.29, 1.82) is 0 Å². The number of nitrogens with two attached hydrogens (primary N) is 2. The lowest BCUT2D eigenvalue weighted by Gasteiger charge is -2.40. The van der Waals surface area contributed by atoms with Gasteiger partial charge in [-0.05, 0) is 30.0 Å². The van der Waals surface area contributed by atoms with Crippen LogP contribution in [0.2, 0.25) is 0 Å². The molecule has 0 saturated heterocycles. The van der Waals surface area contributed by atoms with E-state index in [-0.39, 0.29) is 11.7 Å². The van der Waals surface area contributed by atoms with E-state index in [9.17, 15) is 4.79 Å². The molecule has 1 heterocycles. The topological polar surface area (TPSA) is 119 Å². The number of nitrogens with one attached hydrogen (secondary N) is 1. The van der Waals surface area contributed by atoms with Gasteiger partial charge in [-0.15, -0.1) is 0 Å². The molecule has 0 atom stereocenters. The molecular weight excluding hydrogens is 340 g/mol. The third-order valence-electron chi connectivity index (χ3n) is 4.79. The van der Waals surface area contributed by atoms with E-state index >= 15 is 0 Å². The number of aliphatic imine (C=N–C) groups is 1. The lowest BCUT2D eigenvalue weighted by molar-refractivity contribution is -0.124. The van der Waals surface area contributed by atoms with Crippen LogP contribution in [0.5, 0.6) is 0 Å². The van der Waals surface area contributed by atoms with Crippen molar-refractivity contribution in [3.63, 3.8) is 0 Å². The first-order valence-electron chi connectivity index (χ1n) is 8.64. The lowest BCUT2D eigenvalue weighted by atomic mass is 9.63. The maximum Gasteiger partial charge on any atom is 0.236 e. The molecule has 0 spiro atoms. The first-order valence-corrected chi connectivity index (χ1v) is 8.64. The molecule has 27 heavy (non-hydrogen) atoms. The number of allylic oxidation sites excluding steroid dienone is 1. The van der Waals surface area contributed by atoms with Crippen LogP contribution in [0.1, 0.15) is 30.4 Å². The van der Waals surface area contributed by atoms with Crippen LogP contribution in [0.3, 0.4) is 0 Å². The van der Waals surface area contributed by atoms with Gasteiger partial charge >= 0.3 is 0 Å². The van der Waals surface area contributed by atoms with Crippen molar-refractivity contribution in [3.8, 4) is 0 Å². The van der Waals surface area contributed by atoms with Gasteiger partial charge in [0.25, 0.3) is 0 Å². The second-order valence-corrected chi connectivity index (χ2v) is 6.43. The van der Waals surface area contributed by atoms with Crippen molar-refractivity contribution >= 4 is 23.5 Å². The Morgan fingerprint density at radius 2 is 2.00 bits per heavy atom. The minimum Gasteiger partial charge on any atom is -0.404 e. The average molecular weight is 362 g/mol. The van der Waals surface area contributed by atoms with Crippen molar-refractivity contribution < 1.29 is 4.79 Å². The molecule has 0 bridgehead atoms. The molecule has 1 aromatic carbocycles. The molecule has 0 aliphatic heterocycles. The van der Waals surface area contributed by atoms with Crippen LogP contribution in [0, 0.1) is 0 Å². The van der Waals surface area contributed by atoms with Gasteiger partial charge in [-0.1, -0.05) is 37.3 Å². The SMILES string of the molecule is C=C(N)/N=C\C(=C/N)c1ccc(C2(C(=O)Nc3ccncn3)CCC2)cc1. The molecule has 2 aromatic rings. The van der Waals surface area contributed by atoms with E-state index in [2.05, 4.69) is 26.9 Å². The average Bonchev–Trinajstić information content (AvgIpc) is 2.63. The zero-order valence-corrected chi connectivity index (χ0v) is 14.9. The molecule has 0 unspecified atom stereocenters. The molecule has 1 aliphatic rings.